The van der Waals surface area contributed by atoms with Crippen LogP contribution in [-0.4, -0.2) is 18.6 Å². The molecule has 1 N–H and O–H groups in total. The molecule has 1 aliphatic rings. The monoisotopic (exact) mass is 373 g/mol. The van der Waals surface area contributed by atoms with Gasteiger partial charge >= 0.3 is 0 Å². The van der Waals surface area contributed by atoms with E-state index in [1.54, 1.807) is 0 Å². The van der Waals surface area contributed by atoms with Gasteiger partial charge in [0.25, 0.3) is 5.91 Å². The van der Waals surface area contributed by atoms with Crippen molar-refractivity contribution in [3.05, 3.63) is 64.6 Å². The summed E-state index contributed by atoms with van der Waals surface area (Å²) in [6.45, 7) is 2.13. The van der Waals surface area contributed by atoms with Gasteiger partial charge in [0.2, 0.25) is 0 Å². The highest BCUT2D eigenvalue weighted by Crippen LogP contribution is 2.51. The molecule has 1 aliphatic carbocycles. The van der Waals surface area contributed by atoms with E-state index in [9.17, 15) is 4.79 Å². The van der Waals surface area contributed by atoms with Crippen molar-refractivity contribution < 1.29 is 9.53 Å². The number of halogens is 1. The van der Waals surface area contributed by atoms with E-state index in [0.29, 0.717) is 5.75 Å². The first-order valence-electron chi connectivity index (χ1n) is 7.83. The predicted octanol–water partition coefficient (Wildman–Crippen LogP) is 4.06. The summed E-state index contributed by atoms with van der Waals surface area (Å²) in [5, 5.41) is 3.09. The van der Waals surface area contributed by atoms with Crippen LogP contribution in [0.2, 0.25) is 0 Å². The van der Waals surface area contributed by atoms with Crippen LogP contribution >= 0.6 is 15.9 Å². The maximum atomic E-state index is 12.1. The molecule has 1 unspecified atom stereocenters. The van der Waals surface area contributed by atoms with Crippen molar-refractivity contribution >= 4 is 21.8 Å². The second-order valence-electron chi connectivity index (χ2n) is 6.05. The van der Waals surface area contributed by atoms with Gasteiger partial charge in [-0.1, -0.05) is 46.3 Å². The average molecular weight is 374 g/mol. The number of carbonyl (C=O) groups is 1. The zero-order valence-corrected chi connectivity index (χ0v) is 14.7. The second kappa shape index (κ2) is 6.75. The summed E-state index contributed by atoms with van der Waals surface area (Å²) >= 11 is 3.47. The summed E-state index contributed by atoms with van der Waals surface area (Å²) in [4.78, 5) is 12.1. The van der Waals surface area contributed by atoms with Crippen molar-refractivity contribution in [3.8, 4) is 5.75 Å². The Labute approximate surface area is 145 Å². The van der Waals surface area contributed by atoms with Crippen LogP contribution in [0.25, 0.3) is 0 Å². The molecule has 0 heterocycles. The maximum absolute atomic E-state index is 12.1. The molecule has 23 heavy (non-hydrogen) atoms. The molecule has 2 aromatic carbocycles. The highest BCUT2D eigenvalue weighted by atomic mass is 79.9. The van der Waals surface area contributed by atoms with Crippen molar-refractivity contribution in [2.24, 2.45) is 0 Å². The largest absolute Gasteiger partial charge is 0.484 e. The number of ether oxygens (including phenoxy) is 1. The Morgan fingerprint density at radius 2 is 1.83 bits per heavy atom. The zero-order valence-electron chi connectivity index (χ0n) is 13.1. The fraction of sp³-hybridized carbons (Fsp3) is 0.316. The van der Waals surface area contributed by atoms with Gasteiger partial charge < -0.3 is 10.1 Å². The van der Waals surface area contributed by atoms with Crippen LogP contribution in [0.15, 0.2) is 59.1 Å². The lowest BCUT2D eigenvalue weighted by atomic mass is 9.89. The third kappa shape index (κ3) is 3.75. The molecule has 3 rings (SSSR count). The van der Waals surface area contributed by atoms with Gasteiger partial charge in [0, 0.05) is 15.9 Å². The summed E-state index contributed by atoms with van der Waals surface area (Å²) in [6, 6.07) is 17.9. The number of nitrogens with one attached hydrogen (secondary N) is 1. The molecule has 4 heteroatoms. The molecule has 120 valence electrons. The van der Waals surface area contributed by atoms with Crippen molar-refractivity contribution in [2.45, 2.75) is 31.2 Å². The van der Waals surface area contributed by atoms with Crippen LogP contribution in [0.4, 0.5) is 0 Å². The number of rotatable bonds is 6. The Balaban J connectivity index is 1.57. The molecule has 0 saturated heterocycles. The van der Waals surface area contributed by atoms with Crippen LogP contribution in [0.1, 0.15) is 25.3 Å². The lowest BCUT2D eigenvalue weighted by molar-refractivity contribution is -0.123. The Kier molecular flexibility index (Phi) is 4.71. The Hall–Kier alpha value is -1.81. The van der Waals surface area contributed by atoms with E-state index in [-0.39, 0.29) is 24.0 Å². The number of amides is 1. The van der Waals surface area contributed by atoms with Gasteiger partial charge in [-0.25, -0.2) is 0 Å². The minimum atomic E-state index is -0.0789. The summed E-state index contributed by atoms with van der Waals surface area (Å²) < 4.78 is 6.58. The van der Waals surface area contributed by atoms with Gasteiger partial charge in [-0.15, -0.1) is 0 Å². The third-order valence-corrected chi connectivity index (χ3v) is 5.06. The van der Waals surface area contributed by atoms with Gasteiger partial charge in [-0.3, -0.25) is 4.79 Å². The molecule has 0 radical (unpaired) electrons. The molecule has 1 fully saturated rings. The van der Waals surface area contributed by atoms with Gasteiger partial charge in [0.15, 0.2) is 6.61 Å². The molecule has 3 nitrogen and oxygen atoms in total. The number of para-hydroxylation sites is 1. The SMILES string of the molecule is CC(NC(=O)COc1ccccc1)C1(c2ccc(Br)cc2)CC1. The molecule has 0 bridgehead atoms. The van der Waals surface area contributed by atoms with Gasteiger partial charge in [0.1, 0.15) is 5.75 Å². The zero-order chi connectivity index (χ0) is 16.3. The minimum absolute atomic E-state index is 0.0464. The summed E-state index contributed by atoms with van der Waals surface area (Å²) in [7, 11) is 0. The van der Waals surface area contributed by atoms with Crippen LogP contribution in [0.5, 0.6) is 5.75 Å². The fourth-order valence-electron chi connectivity index (χ4n) is 2.98. The lowest BCUT2D eigenvalue weighted by Crippen LogP contribution is -2.43. The number of hydrogen-bond donors (Lipinski definition) is 1. The van der Waals surface area contributed by atoms with E-state index < -0.39 is 0 Å². The lowest BCUT2D eigenvalue weighted by Gasteiger charge is -2.25. The number of hydrogen-bond acceptors (Lipinski definition) is 2. The summed E-state index contributed by atoms with van der Waals surface area (Å²) in [5.74, 6) is 0.633. The molecular weight excluding hydrogens is 354 g/mol. The normalized spacial score (nSPS) is 16.4. The summed E-state index contributed by atoms with van der Waals surface area (Å²) in [6.07, 6.45) is 2.21. The highest BCUT2D eigenvalue weighted by molar-refractivity contribution is 9.10. The molecule has 1 atom stereocenters. The van der Waals surface area contributed by atoms with Crippen molar-refractivity contribution in [2.75, 3.05) is 6.61 Å². The van der Waals surface area contributed by atoms with Crippen molar-refractivity contribution in [1.82, 2.24) is 5.32 Å². The van der Waals surface area contributed by atoms with Crippen LogP contribution < -0.4 is 10.1 Å². The Morgan fingerprint density at radius 1 is 1.17 bits per heavy atom. The number of carbonyl (C=O) groups excluding carboxylic acids is 1. The van der Waals surface area contributed by atoms with Crippen LogP contribution in [0, 0.1) is 0 Å². The average Bonchev–Trinajstić information content (AvgIpc) is 3.36. The fourth-order valence-corrected chi connectivity index (χ4v) is 3.24. The highest BCUT2D eigenvalue weighted by Gasteiger charge is 2.49. The quantitative estimate of drug-likeness (QED) is 0.828. The Bertz CT molecular complexity index is 666. The van der Waals surface area contributed by atoms with Crippen LogP contribution in [0.3, 0.4) is 0 Å². The molecular formula is C19H20BrNO2. The standard InChI is InChI=1S/C19H20BrNO2/c1-14(19(11-12-19)15-7-9-16(20)10-8-15)21-18(22)13-23-17-5-3-2-4-6-17/h2-10,14H,11-13H2,1H3,(H,21,22). The molecule has 0 spiro atoms. The molecule has 1 saturated carbocycles. The van der Waals surface area contributed by atoms with Crippen LogP contribution in [-0.2, 0) is 10.2 Å². The number of benzene rings is 2. The first-order chi connectivity index (χ1) is 11.1. The molecule has 2 aromatic rings. The van der Waals surface area contributed by atoms with Gasteiger partial charge in [-0.2, -0.15) is 0 Å². The third-order valence-electron chi connectivity index (χ3n) is 4.53. The van der Waals surface area contributed by atoms with E-state index in [4.69, 9.17) is 4.74 Å². The van der Waals surface area contributed by atoms with E-state index in [1.807, 2.05) is 30.3 Å². The first kappa shape index (κ1) is 16.1. The summed E-state index contributed by atoms with van der Waals surface area (Å²) in [5.41, 5.74) is 1.36. The maximum Gasteiger partial charge on any atom is 0.258 e. The van der Waals surface area contributed by atoms with E-state index in [1.165, 1.54) is 5.56 Å². The Morgan fingerprint density at radius 3 is 2.43 bits per heavy atom. The van der Waals surface area contributed by atoms with Gasteiger partial charge in [0.05, 0.1) is 0 Å². The van der Waals surface area contributed by atoms with E-state index in [2.05, 4.69) is 52.4 Å². The van der Waals surface area contributed by atoms with E-state index >= 15 is 0 Å². The molecule has 0 aromatic heterocycles. The smallest absolute Gasteiger partial charge is 0.258 e. The molecule has 1 amide bonds. The topological polar surface area (TPSA) is 38.3 Å². The first-order valence-corrected chi connectivity index (χ1v) is 8.63. The van der Waals surface area contributed by atoms with E-state index in [0.717, 1.165) is 17.3 Å². The second-order valence-corrected chi connectivity index (χ2v) is 6.97. The molecule has 0 aliphatic heterocycles. The van der Waals surface area contributed by atoms with Crippen molar-refractivity contribution in [3.63, 3.8) is 0 Å². The predicted molar refractivity (Wildman–Crippen MR) is 94.6 cm³/mol. The minimum Gasteiger partial charge on any atom is -0.484 e. The van der Waals surface area contributed by atoms with Crippen molar-refractivity contribution in [1.29, 1.82) is 0 Å². The van der Waals surface area contributed by atoms with Gasteiger partial charge in [-0.05, 0) is 49.6 Å².